The van der Waals surface area contributed by atoms with Crippen LogP contribution >= 0.6 is 0 Å². The number of aryl methyl sites for hydroxylation is 1. The number of morpholine rings is 1. The van der Waals surface area contributed by atoms with E-state index in [0.29, 0.717) is 6.54 Å². The second-order valence-corrected chi connectivity index (χ2v) is 6.75. The molecule has 2 aliphatic rings. The van der Waals surface area contributed by atoms with E-state index in [1.807, 2.05) is 29.9 Å². The van der Waals surface area contributed by atoms with Gasteiger partial charge in [0.2, 0.25) is 5.91 Å². The van der Waals surface area contributed by atoms with Crippen LogP contribution in [0.5, 0.6) is 0 Å². The number of carbonyl (C=O) groups excluding carboxylic acids is 1. The molecule has 1 amide bonds. The average molecular weight is 326 g/mol. The maximum atomic E-state index is 11.3. The van der Waals surface area contributed by atoms with Gasteiger partial charge in [-0.3, -0.25) is 14.4 Å². The Kier molecular flexibility index (Phi) is 3.86. The van der Waals surface area contributed by atoms with E-state index >= 15 is 0 Å². The highest BCUT2D eigenvalue weighted by Gasteiger charge is 2.42. The summed E-state index contributed by atoms with van der Waals surface area (Å²) in [4.78, 5) is 13.7. The smallest absolute Gasteiger partial charge is 0.246 e. The molecule has 2 aliphatic heterocycles. The quantitative estimate of drug-likeness (QED) is 0.920. The van der Waals surface area contributed by atoms with Crippen molar-refractivity contribution in [1.82, 2.24) is 20.0 Å². The molecule has 1 N–H and O–H groups in total. The van der Waals surface area contributed by atoms with Crippen molar-refractivity contribution in [2.75, 3.05) is 26.2 Å². The SMILES string of the molecule is Cn1cc(CN2CCC3(CNC(=O)CO3)C2)c(-c2ccccc2)n1. The van der Waals surface area contributed by atoms with Gasteiger partial charge in [-0.1, -0.05) is 30.3 Å². The van der Waals surface area contributed by atoms with Gasteiger partial charge in [-0.15, -0.1) is 0 Å². The first-order valence-electron chi connectivity index (χ1n) is 8.35. The Labute approximate surface area is 141 Å². The van der Waals surface area contributed by atoms with Crippen molar-refractivity contribution >= 4 is 5.91 Å². The van der Waals surface area contributed by atoms with Crippen molar-refractivity contribution in [2.45, 2.75) is 18.6 Å². The molecule has 2 saturated heterocycles. The molecule has 0 saturated carbocycles. The summed E-state index contributed by atoms with van der Waals surface area (Å²) in [6.45, 7) is 3.45. The summed E-state index contributed by atoms with van der Waals surface area (Å²) < 4.78 is 7.73. The maximum absolute atomic E-state index is 11.3. The number of hydrogen-bond acceptors (Lipinski definition) is 4. The summed E-state index contributed by atoms with van der Waals surface area (Å²) >= 11 is 0. The molecule has 24 heavy (non-hydrogen) atoms. The van der Waals surface area contributed by atoms with Crippen LogP contribution < -0.4 is 5.32 Å². The molecule has 1 spiro atoms. The van der Waals surface area contributed by atoms with E-state index in [1.165, 1.54) is 5.56 Å². The first-order chi connectivity index (χ1) is 11.6. The Bertz CT molecular complexity index is 731. The number of rotatable bonds is 3. The van der Waals surface area contributed by atoms with E-state index in [9.17, 15) is 4.79 Å². The minimum Gasteiger partial charge on any atom is -0.362 e. The third-order valence-corrected chi connectivity index (χ3v) is 4.86. The standard InChI is InChI=1S/C18H22N4O2/c1-21-9-15(17(20-21)14-5-3-2-4-6-14)10-22-8-7-18(13-22)12-19-16(23)11-24-18/h2-6,9H,7-8,10-13H2,1H3,(H,19,23). The number of nitrogens with zero attached hydrogens (tertiary/aromatic N) is 3. The largest absolute Gasteiger partial charge is 0.362 e. The van der Waals surface area contributed by atoms with Gasteiger partial charge >= 0.3 is 0 Å². The minimum absolute atomic E-state index is 0.0160. The molecule has 1 aromatic heterocycles. The van der Waals surface area contributed by atoms with Gasteiger partial charge in [0.1, 0.15) is 6.61 Å². The normalized spacial score (nSPS) is 24.5. The lowest BCUT2D eigenvalue weighted by Gasteiger charge is -2.33. The zero-order valence-corrected chi connectivity index (χ0v) is 13.9. The topological polar surface area (TPSA) is 59.4 Å². The van der Waals surface area contributed by atoms with Crippen LogP contribution in [0.2, 0.25) is 0 Å². The van der Waals surface area contributed by atoms with Gasteiger partial charge < -0.3 is 10.1 Å². The second kappa shape index (κ2) is 6.03. The summed E-state index contributed by atoms with van der Waals surface area (Å²) in [5, 5.41) is 7.57. The molecule has 2 fully saturated rings. The predicted octanol–water partition coefficient (Wildman–Crippen LogP) is 1.18. The maximum Gasteiger partial charge on any atom is 0.246 e. The summed E-state index contributed by atoms with van der Waals surface area (Å²) in [7, 11) is 1.96. The number of aromatic nitrogens is 2. The van der Waals surface area contributed by atoms with E-state index in [1.54, 1.807) is 0 Å². The van der Waals surface area contributed by atoms with E-state index in [0.717, 1.165) is 37.3 Å². The number of ether oxygens (including phenoxy) is 1. The van der Waals surface area contributed by atoms with Gasteiger partial charge in [-0.2, -0.15) is 5.10 Å². The highest BCUT2D eigenvalue weighted by molar-refractivity contribution is 5.78. The van der Waals surface area contributed by atoms with Gasteiger partial charge in [0.25, 0.3) is 0 Å². The van der Waals surface area contributed by atoms with E-state index < -0.39 is 0 Å². The van der Waals surface area contributed by atoms with Crippen molar-refractivity contribution in [3.63, 3.8) is 0 Å². The van der Waals surface area contributed by atoms with Crippen LogP contribution in [0.15, 0.2) is 36.5 Å². The molecule has 0 aliphatic carbocycles. The molecule has 0 bridgehead atoms. The van der Waals surface area contributed by atoms with Crippen LogP contribution in [0.3, 0.4) is 0 Å². The van der Waals surface area contributed by atoms with Crippen molar-refractivity contribution in [3.8, 4) is 11.3 Å². The highest BCUT2D eigenvalue weighted by Crippen LogP contribution is 2.30. The zero-order valence-electron chi connectivity index (χ0n) is 13.9. The molecule has 4 rings (SSSR count). The number of nitrogens with one attached hydrogen (secondary N) is 1. The number of carbonyl (C=O) groups is 1. The Morgan fingerprint density at radius 2 is 2.17 bits per heavy atom. The van der Waals surface area contributed by atoms with Crippen LogP contribution in [0.1, 0.15) is 12.0 Å². The van der Waals surface area contributed by atoms with Crippen LogP contribution in [0, 0.1) is 0 Å². The van der Waals surface area contributed by atoms with Crippen molar-refractivity contribution in [3.05, 3.63) is 42.1 Å². The van der Waals surface area contributed by atoms with Crippen molar-refractivity contribution in [2.24, 2.45) is 7.05 Å². The van der Waals surface area contributed by atoms with E-state index in [-0.39, 0.29) is 18.1 Å². The Hall–Kier alpha value is -2.18. The molecule has 1 unspecified atom stereocenters. The third kappa shape index (κ3) is 2.95. The molecular formula is C18H22N4O2. The molecule has 6 heteroatoms. The number of likely N-dealkylation sites (tertiary alicyclic amines) is 1. The minimum atomic E-state index is -0.219. The molecule has 2 aromatic rings. The predicted molar refractivity (Wildman–Crippen MR) is 90.2 cm³/mol. The average Bonchev–Trinajstić information content (AvgIpc) is 3.16. The molecule has 1 atom stereocenters. The van der Waals surface area contributed by atoms with Crippen LogP contribution in [0.4, 0.5) is 0 Å². The summed E-state index contributed by atoms with van der Waals surface area (Å²) in [5.41, 5.74) is 3.18. The van der Waals surface area contributed by atoms with Gasteiger partial charge in [0.05, 0.1) is 11.3 Å². The summed E-state index contributed by atoms with van der Waals surface area (Å²) in [6, 6.07) is 10.3. The van der Waals surface area contributed by atoms with E-state index in [4.69, 9.17) is 4.74 Å². The van der Waals surface area contributed by atoms with Gasteiger partial charge in [-0.05, 0) is 6.42 Å². The third-order valence-electron chi connectivity index (χ3n) is 4.86. The number of benzene rings is 1. The monoisotopic (exact) mass is 326 g/mol. The fourth-order valence-electron chi connectivity index (χ4n) is 3.64. The molecule has 6 nitrogen and oxygen atoms in total. The Balaban J connectivity index is 1.50. The van der Waals surface area contributed by atoms with Crippen LogP contribution in [-0.2, 0) is 23.1 Å². The van der Waals surface area contributed by atoms with Crippen molar-refractivity contribution < 1.29 is 9.53 Å². The molecule has 126 valence electrons. The number of amides is 1. The fourth-order valence-corrected chi connectivity index (χ4v) is 3.64. The summed E-state index contributed by atoms with van der Waals surface area (Å²) in [6.07, 6.45) is 3.05. The molecule has 0 radical (unpaired) electrons. The van der Waals surface area contributed by atoms with Crippen LogP contribution in [0.25, 0.3) is 11.3 Å². The molecule has 3 heterocycles. The lowest BCUT2D eigenvalue weighted by molar-refractivity contribution is -0.142. The Morgan fingerprint density at radius 3 is 2.92 bits per heavy atom. The molecular weight excluding hydrogens is 304 g/mol. The van der Waals surface area contributed by atoms with E-state index in [2.05, 4.69) is 33.6 Å². The lowest BCUT2D eigenvalue weighted by Crippen LogP contribution is -2.53. The van der Waals surface area contributed by atoms with Gasteiger partial charge in [0.15, 0.2) is 0 Å². The highest BCUT2D eigenvalue weighted by atomic mass is 16.5. The molecule has 1 aromatic carbocycles. The first-order valence-corrected chi connectivity index (χ1v) is 8.35. The Morgan fingerprint density at radius 1 is 1.33 bits per heavy atom. The zero-order chi connectivity index (χ0) is 16.6. The number of hydrogen-bond donors (Lipinski definition) is 1. The van der Waals surface area contributed by atoms with Crippen molar-refractivity contribution in [1.29, 1.82) is 0 Å². The second-order valence-electron chi connectivity index (χ2n) is 6.75. The summed E-state index contributed by atoms with van der Waals surface area (Å²) in [5.74, 6) is -0.0160. The van der Waals surface area contributed by atoms with Gasteiger partial charge in [0, 0.05) is 50.6 Å². The van der Waals surface area contributed by atoms with Gasteiger partial charge in [-0.25, -0.2) is 0 Å². The fraction of sp³-hybridized carbons (Fsp3) is 0.444. The first kappa shape index (κ1) is 15.4. The lowest BCUT2D eigenvalue weighted by atomic mass is 10.0. The van der Waals surface area contributed by atoms with Crippen LogP contribution in [-0.4, -0.2) is 52.4 Å².